The number of hydrogen-bond acceptors (Lipinski definition) is 2. The maximum absolute atomic E-state index is 12.6. The quantitative estimate of drug-likeness (QED) is 0.852. The van der Waals surface area contributed by atoms with Gasteiger partial charge in [-0.05, 0) is 36.8 Å². The van der Waals surface area contributed by atoms with Crippen molar-refractivity contribution in [3.8, 4) is 0 Å². The van der Waals surface area contributed by atoms with Crippen molar-refractivity contribution >= 4 is 17.4 Å². The van der Waals surface area contributed by atoms with Crippen LogP contribution in [0.5, 0.6) is 0 Å². The fourth-order valence-electron chi connectivity index (χ4n) is 2.99. The molecule has 0 saturated carbocycles. The van der Waals surface area contributed by atoms with Crippen LogP contribution in [-0.2, 0) is 9.59 Å². The van der Waals surface area contributed by atoms with Crippen LogP contribution in [0.15, 0.2) is 36.4 Å². The van der Waals surface area contributed by atoms with Crippen molar-refractivity contribution in [1.82, 2.24) is 10.2 Å². The number of hydrogen-bond donors (Lipinski definition) is 1. The van der Waals surface area contributed by atoms with Gasteiger partial charge in [0, 0.05) is 31.1 Å². The summed E-state index contributed by atoms with van der Waals surface area (Å²) in [4.78, 5) is 26.5. The van der Waals surface area contributed by atoms with Crippen molar-refractivity contribution in [1.29, 1.82) is 0 Å². The zero-order chi connectivity index (χ0) is 18.4. The molecule has 1 aromatic carbocycles. The number of benzene rings is 1. The second-order valence-electron chi connectivity index (χ2n) is 7.95. The Bertz CT molecular complexity index is 629. The minimum atomic E-state index is -0.375. The minimum absolute atomic E-state index is 0.0631. The molecule has 0 radical (unpaired) electrons. The van der Waals surface area contributed by atoms with Crippen molar-refractivity contribution < 1.29 is 9.59 Å². The first kappa shape index (κ1) is 19.2. The first-order valence-corrected chi connectivity index (χ1v) is 9.08. The lowest BCUT2D eigenvalue weighted by Crippen LogP contribution is -2.45. The number of amides is 2. The van der Waals surface area contributed by atoms with Crippen LogP contribution in [0.3, 0.4) is 0 Å². The summed E-state index contributed by atoms with van der Waals surface area (Å²) in [5.41, 5.74) is 1.68. The number of nitrogens with one attached hydrogen (secondary N) is 1. The second-order valence-corrected chi connectivity index (χ2v) is 7.95. The fourth-order valence-corrected chi connectivity index (χ4v) is 2.99. The summed E-state index contributed by atoms with van der Waals surface area (Å²) in [5, 5.41) is 3.03. The third-order valence-electron chi connectivity index (χ3n) is 4.63. The van der Waals surface area contributed by atoms with E-state index in [9.17, 15) is 9.59 Å². The Kier molecular flexibility index (Phi) is 6.40. The summed E-state index contributed by atoms with van der Waals surface area (Å²) in [7, 11) is 0. The standard InChI is InChI=1S/C21H30N2O2/c1-16(18-10-6-5-7-11-18)13-19(24)23-12-8-9-17(15-23)14-22-20(25)21(2,3)4/h5-7,10-11,13,17H,8-9,12,14-15H2,1-4H3,(H,22,25)/b16-13-/t17-/m0/s1. The summed E-state index contributed by atoms with van der Waals surface area (Å²) in [6.45, 7) is 9.85. The van der Waals surface area contributed by atoms with Crippen molar-refractivity contribution in [2.24, 2.45) is 11.3 Å². The molecule has 2 rings (SSSR count). The van der Waals surface area contributed by atoms with E-state index in [-0.39, 0.29) is 17.2 Å². The van der Waals surface area contributed by atoms with Crippen LogP contribution in [0.4, 0.5) is 0 Å². The summed E-state index contributed by atoms with van der Waals surface area (Å²) >= 11 is 0. The zero-order valence-corrected chi connectivity index (χ0v) is 15.8. The molecule has 1 saturated heterocycles. The molecule has 136 valence electrons. The molecule has 0 spiro atoms. The highest BCUT2D eigenvalue weighted by molar-refractivity contribution is 5.94. The highest BCUT2D eigenvalue weighted by atomic mass is 16.2. The normalized spacial score (nSPS) is 18.8. The molecule has 1 atom stereocenters. The first-order chi connectivity index (χ1) is 11.8. The van der Waals surface area contributed by atoms with Gasteiger partial charge in [-0.1, -0.05) is 51.1 Å². The molecule has 25 heavy (non-hydrogen) atoms. The van der Waals surface area contributed by atoms with Gasteiger partial charge in [0.25, 0.3) is 0 Å². The van der Waals surface area contributed by atoms with Gasteiger partial charge >= 0.3 is 0 Å². The van der Waals surface area contributed by atoms with Crippen molar-refractivity contribution in [3.63, 3.8) is 0 Å². The van der Waals surface area contributed by atoms with Crippen LogP contribution in [0.1, 0.15) is 46.1 Å². The average Bonchev–Trinajstić information content (AvgIpc) is 2.59. The van der Waals surface area contributed by atoms with Gasteiger partial charge in [-0.3, -0.25) is 9.59 Å². The van der Waals surface area contributed by atoms with Gasteiger partial charge in [0.15, 0.2) is 0 Å². The molecule has 0 aliphatic carbocycles. The van der Waals surface area contributed by atoms with E-state index in [4.69, 9.17) is 0 Å². The number of carbonyl (C=O) groups is 2. The van der Waals surface area contributed by atoms with Crippen LogP contribution in [-0.4, -0.2) is 36.3 Å². The highest BCUT2D eigenvalue weighted by Gasteiger charge is 2.25. The molecule has 1 N–H and O–H groups in total. The number of piperidine rings is 1. The van der Waals surface area contributed by atoms with Crippen LogP contribution in [0, 0.1) is 11.3 Å². The van der Waals surface area contributed by atoms with Gasteiger partial charge in [0.05, 0.1) is 0 Å². The number of rotatable bonds is 4. The molecule has 1 fully saturated rings. The lowest BCUT2D eigenvalue weighted by molar-refractivity contribution is -0.129. The summed E-state index contributed by atoms with van der Waals surface area (Å²) < 4.78 is 0. The second kappa shape index (κ2) is 8.32. The molecule has 1 heterocycles. The van der Waals surface area contributed by atoms with Crippen molar-refractivity contribution in [2.45, 2.75) is 40.5 Å². The largest absolute Gasteiger partial charge is 0.355 e. The molecule has 0 aromatic heterocycles. The topological polar surface area (TPSA) is 49.4 Å². The maximum atomic E-state index is 12.6. The molecule has 0 bridgehead atoms. The van der Waals surface area contributed by atoms with Gasteiger partial charge in [-0.25, -0.2) is 0 Å². The van der Waals surface area contributed by atoms with E-state index < -0.39 is 0 Å². The van der Waals surface area contributed by atoms with Gasteiger partial charge < -0.3 is 10.2 Å². The molecular formula is C21H30N2O2. The molecule has 1 aliphatic rings. The Morgan fingerprint density at radius 3 is 2.56 bits per heavy atom. The van der Waals surface area contributed by atoms with Crippen molar-refractivity contribution in [3.05, 3.63) is 42.0 Å². The monoisotopic (exact) mass is 342 g/mol. The molecule has 4 heteroatoms. The Balaban J connectivity index is 1.92. The van der Waals surface area contributed by atoms with Crippen LogP contribution in [0.25, 0.3) is 5.57 Å². The van der Waals surface area contributed by atoms with Gasteiger partial charge in [0.2, 0.25) is 11.8 Å². The SMILES string of the molecule is C/C(=C/C(=O)N1CCC[C@@H](CNC(=O)C(C)(C)C)C1)c1ccccc1. The first-order valence-electron chi connectivity index (χ1n) is 9.08. The average molecular weight is 342 g/mol. The van der Waals surface area contributed by atoms with E-state index >= 15 is 0 Å². The number of allylic oxidation sites excluding steroid dienone is 1. The summed E-state index contributed by atoms with van der Waals surface area (Å²) in [6, 6.07) is 9.96. The molecule has 1 aliphatic heterocycles. The number of likely N-dealkylation sites (tertiary alicyclic amines) is 1. The highest BCUT2D eigenvalue weighted by Crippen LogP contribution is 2.19. The van der Waals surface area contributed by atoms with E-state index in [1.807, 2.05) is 62.9 Å². The molecular weight excluding hydrogens is 312 g/mol. The Morgan fingerprint density at radius 1 is 1.24 bits per heavy atom. The number of nitrogens with zero attached hydrogens (tertiary/aromatic N) is 1. The van der Waals surface area contributed by atoms with E-state index in [0.29, 0.717) is 19.0 Å². The zero-order valence-electron chi connectivity index (χ0n) is 15.8. The Hall–Kier alpha value is -2.10. The van der Waals surface area contributed by atoms with Gasteiger partial charge in [0.1, 0.15) is 0 Å². The molecule has 4 nitrogen and oxygen atoms in total. The summed E-state index contributed by atoms with van der Waals surface area (Å²) in [5.74, 6) is 0.457. The Labute approximate surface area is 151 Å². The third-order valence-corrected chi connectivity index (χ3v) is 4.63. The fraction of sp³-hybridized carbons (Fsp3) is 0.524. The predicted molar refractivity (Wildman–Crippen MR) is 102 cm³/mol. The Morgan fingerprint density at radius 2 is 1.92 bits per heavy atom. The molecule has 0 unspecified atom stereocenters. The van der Waals surface area contributed by atoms with E-state index in [1.165, 1.54) is 0 Å². The maximum Gasteiger partial charge on any atom is 0.246 e. The molecule has 2 amide bonds. The van der Waals surface area contributed by atoms with Gasteiger partial charge in [-0.2, -0.15) is 0 Å². The minimum Gasteiger partial charge on any atom is -0.355 e. The third kappa shape index (κ3) is 5.73. The smallest absolute Gasteiger partial charge is 0.246 e. The van der Waals surface area contributed by atoms with Gasteiger partial charge in [-0.15, -0.1) is 0 Å². The van der Waals surface area contributed by atoms with E-state index in [0.717, 1.165) is 30.5 Å². The lowest BCUT2D eigenvalue weighted by Gasteiger charge is -2.33. The number of carbonyl (C=O) groups excluding carboxylic acids is 2. The predicted octanol–water partition coefficient (Wildman–Crippen LogP) is 3.49. The van der Waals surface area contributed by atoms with Crippen LogP contribution in [0.2, 0.25) is 0 Å². The van der Waals surface area contributed by atoms with E-state index in [2.05, 4.69) is 5.32 Å². The van der Waals surface area contributed by atoms with Crippen molar-refractivity contribution in [2.75, 3.05) is 19.6 Å². The summed E-state index contributed by atoms with van der Waals surface area (Å²) in [6.07, 6.45) is 3.76. The molecule has 1 aromatic rings. The van der Waals surface area contributed by atoms with Crippen LogP contribution < -0.4 is 5.32 Å². The lowest BCUT2D eigenvalue weighted by atomic mass is 9.94. The van der Waals surface area contributed by atoms with E-state index in [1.54, 1.807) is 6.08 Å². The van der Waals surface area contributed by atoms with Crippen LogP contribution >= 0.6 is 0 Å².